The van der Waals surface area contributed by atoms with Crippen LogP contribution in [0.1, 0.15) is 61.8 Å². The van der Waals surface area contributed by atoms with Crippen LogP contribution in [0.4, 0.5) is 22.0 Å². The second-order valence-electron chi connectivity index (χ2n) is 10.2. The zero-order valence-corrected chi connectivity index (χ0v) is 20.0. The third kappa shape index (κ3) is 4.80. The fourth-order valence-electron chi connectivity index (χ4n) is 5.73. The van der Waals surface area contributed by atoms with E-state index in [1.165, 1.54) is 0 Å². The summed E-state index contributed by atoms with van der Waals surface area (Å²) in [6.45, 7) is 0.459. The first-order chi connectivity index (χ1) is 17.0. The Morgan fingerprint density at radius 1 is 1.14 bits per heavy atom. The molecule has 3 aromatic rings. The molecule has 1 aliphatic heterocycles. The first-order valence-electron chi connectivity index (χ1n) is 12.2. The van der Waals surface area contributed by atoms with E-state index < -0.39 is 47.5 Å². The van der Waals surface area contributed by atoms with E-state index in [-0.39, 0.29) is 12.4 Å². The minimum absolute atomic E-state index is 0.0270. The van der Waals surface area contributed by atoms with Gasteiger partial charge in [0, 0.05) is 29.1 Å². The van der Waals surface area contributed by atoms with Crippen LogP contribution in [-0.4, -0.2) is 46.0 Å². The largest absolute Gasteiger partial charge is 0.491 e. The van der Waals surface area contributed by atoms with E-state index in [2.05, 4.69) is 10.2 Å². The van der Waals surface area contributed by atoms with Crippen molar-refractivity contribution < 1.29 is 26.7 Å². The van der Waals surface area contributed by atoms with Crippen LogP contribution in [-0.2, 0) is 6.42 Å². The second-order valence-corrected chi connectivity index (χ2v) is 10.2. The number of halogens is 5. The normalized spacial score (nSPS) is 22.5. The van der Waals surface area contributed by atoms with Gasteiger partial charge in [0.25, 0.3) is 0 Å². The molecule has 194 valence electrons. The minimum atomic E-state index is -4.55. The summed E-state index contributed by atoms with van der Waals surface area (Å²) in [5.41, 5.74) is 7.28. The Morgan fingerprint density at radius 3 is 2.50 bits per heavy atom. The second kappa shape index (κ2) is 9.30. The Balaban J connectivity index is 1.54. The monoisotopic (exact) mass is 508 g/mol. The Hall–Kier alpha value is -2.72. The number of nitrogens with one attached hydrogen (secondary N) is 1. The maximum Gasteiger partial charge on any atom is 0.401 e. The number of fused-ring (bicyclic) bond motifs is 3. The van der Waals surface area contributed by atoms with Gasteiger partial charge in [-0.3, -0.25) is 10.00 Å². The molecule has 0 spiro atoms. The van der Waals surface area contributed by atoms with E-state index in [0.29, 0.717) is 17.5 Å². The molecule has 36 heavy (non-hydrogen) atoms. The average molecular weight is 509 g/mol. The summed E-state index contributed by atoms with van der Waals surface area (Å²) >= 11 is 0. The molecule has 1 aliphatic carbocycles. The van der Waals surface area contributed by atoms with Crippen LogP contribution >= 0.6 is 0 Å². The molecule has 0 bridgehead atoms. The zero-order valence-electron chi connectivity index (χ0n) is 20.0. The number of aromatic nitrogens is 2. The molecular formula is C26H29F5N4O. The van der Waals surface area contributed by atoms with Crippen LogP contribution in [0.3, 0.4) is 0 Å². The predicted octanol–water partition coefficient (Wildman–Crippen LogP) is 5.78. The molecule has 1 aromatic heterocycles. The van der Waals surface area contributed by atoms with Gasteiger partial charge in [-0.25, -0.2) is 8.78 Å². The summed E-state index contributed by atoms with van der Waals surface area (Å²) in [6.07, 6.45) is 1.91. The number of hydrogen-bond acceptors (Lipinski definition) is 4. The molecule has 0 unspecified atom stereocenters. The molecule has 5 nitrogen and oxygen atoms in total. The van der Waals surface area contributed by atoms with Crippen LogP contribution in [0.15, 0.2) is 30.5 Å². The van der Waals surface area contributed by atoms with Gasteiger partial charge in [-0.15, -0.1) is 0 Å². The van der Waals surface area contributed by atoms with Crippen molar-refractivity contribution in [3.05, 3.63) is 58.8 Å². The first kappa shape index (κ1) is 25.0. The minimum Gasteiger partial charge on any atom is -0.491 e. The highest BCUT2D eigenvalue weighted by Crippen LogP contribution is 2.44. The summed E-state index contributed by atoms with van der Waals surface area (Å²) in [6, 6.07) is 3.51. The standard InChI is InChI=1S/C26H29F5N4O/c1-15-9-18-17(5-6-22-19(18)12-33-34-22)24(35(15)13-26(29,30)31)23-20(27)10-16(11-21(23)28)36-14-25(32)7-3-2-4-8-25/h5-6,10-12,15,24H,2-4,7-9,13-14,32H2,1H3,(H,33,34)/t15-,24+/m1/s1. The molecule has 1 saturated carbocycles. The molecule has 0 amide bonds. The molecule has 2 heterocycles. The van der Waals surface area contributed by atoms with E-state index in [9.17, 15) is 13.2 Å². The van der Waals surface area contributed by atoms with Crippen molar-refractivity contribution in [2.75, 3.05) is 13.2 Å². The van der Waals surface area contributed by atoms with E-state index in [4.69, 9.17) is 10.5 Å². The van der Waals surface area contributed by atoms with Crippen molar-refractivity contribution >= 4 is 10.9 Å². The van der Waals surface area contributed by atoms with Crippen LogP contribution in [0.5, 0.6) is 5.75 Å². The third-order valence-corrected chi connectivity index (χ3v) is 7.53. The lowest BCUT2D eigenvalue weighted by Crippen LogP contribution is -2.47. The fourth-order valence-corrected chi connectivity index (χ4v) is 5.73. The average Bonchev–Trinajstić information content (AvgIpc) is 3.28. The number of hydrogen-bond donors (Lipinski definition) is 2. The number of aromatic amines is 1. The number of nitrogens with two attached hydrogens (primary N) is 1. The summed E-state index contributed by atoms with van der Waals surface area (Å²) < 4.78 is 77.6. The third-order valence-electron chi connectivity index (χ3n) is 7.53. The van der Waals surface area contributed by atoms with Gasteiger partial charge in [0.05, 0.1) is 29.8 Å². The van der Waals surface area contributed by atoms with Gasteiger partial charge in [0.1, 0.15) is 24.0 Å². The van der Waals surface area contributed by atoms with Crippen molar-refractivity contribution in [2.45, 2.75) is 69.2 Å². The first-order valence-corrected chi connectivity index (χ1v) is 12.2. The lowest BCUT2D eigenvalue weighted by Gasteiger charge is -2.42. The van der Waals surface area contributed by atoms with E-state index in [1.54, 1.807) is 25.3 Å². The number of nitrogens with zero attached hydrogens (tertiary/aromatic N) is 2. The summed E-state index contributed by atoms with van der Waals surface area (Å²) in [5.74, 6) is -1.94. The summed E-state index contributed by atoms with van der Waals surface area (Å²) in [4.78, 5) is 1.12. The molecule has 1 fully saturated rings. The van der Waals surface area contributed by atoms with Gasteiger partial charge < -0.3 is 10.5 Å². The molecular weight excluding hydrogens is 479 g/mol. The van der Waals surface area contributed by atoms with Crippen molar-refractivity contribution in [3.8, 4) is 5.75 Å². The maximum atomic E-state index is 15.6. The number of ether oxygens (including phenoxy) is 1. The highest BCUT2D eigenvalue weighted by Gasteiger charge is 2.43. The summed E-state index contributed by atoms with van der Waals surface area (Å²) in [7, 11) is 0. The Morgan fingerprint density at radius 2 is 1.83 bits per heavy atom. The highest BCUT2D eigenvalue weighted by molar-refractivity contribution is 5.83. The van der Waals surface area contributed by atoms with Gasteiger partial charge in [0.15, 0.2) is 0 Å². The fraction of sp³-hybridized carbons (Fsp3) is 0.500. The number of H-pyrrole nitrogens is 1. The lowest BCUT2D eigenvalue weighted by atomic mass is 9.83. The molecule has 3 N–H and O–H groups in total. The Bertz CT molecular complexity index is 1230. The summed E-state index contributed by atoms with van der Waals surface area (Å²) in [5, 5.41) is 7.61. The SMILES string of the molecule is C[C@@H]1Cc2c(ccc3[nH]ncc23)[C@@H](c2c(F)cc(OCC3(N)CCCCC3)cc2F)N1CC(F)(F)F. The lowest BCUT2D eigenvalue weighted by molar-refractivity contribution is -0.155. The van der Waals surface area contributed by atoms with Gasteiger partial charge >= 0.3 is 6.18 Å². The van der Waals surface area contributed by atoms with Gasteiger partial charge in [-0.1, -0.05) is 25.3 Å². The van der Waals surface area contributed by atoms with Crippen molar-refractivity contribution in [1.82, 2.24) is 15.1 Å². The van der Waals surface area contributed by atoms with Gasteiger partial charge in [-0.2, -0.15) is 18.3 Å². The predicted molar refractivity (Wildman–Crippen MR) is 126 cm³/mol. The molecule has 5 rings (SSSR count). The highest BCUT2D eigenvalue weighted by atomic mass is 19.4. The Kier molecular flexibility index (Phi) is 6.45. The van der Waals surface area contributed by atoms with Gasteiger partial charge in [-0.05, 0) is 43.4 Å². The van der Waals surface area contributed by atoms with Crippen LogP contribution in [0.25, 0.3) is 10.9 Å². The van der Waals surface area contributed by atoms with E-state index >= 15 is 8.78 Å². The van der Waals surface area contributed by atoms with Crippen molar-refractivity contribution in [3.63, 3.8) is 0 Å². The molecule has 0 radical (unpaired) electrons. The van der Waals surface area contributed by atoms with Crippen LogP contribution in [0, 0.1) is 11.6 Å². The number of rotatable bonds is 5. The molecule has 2 atom stereocenters. The quantitative estimate of drug-likeness (QED) is 0.429. The number of benzene rings is 2. The maximum absolute atomic E-state index is 15.6. The number of alkyl halides is 3. The van der Waals surface area contributed by atoms with Crippen LogP contribution < -0.4 is 10.5 Å². The zero-order chi connectivity index (χ0) is 25.7. The molecule has 0 saturated heterocycles. The van der Waals surface area contributed by atoms with Crippen molar-refractivity contribution in [1.29, 1.82) is 0 Å². The Labute approximate surface area is 205 Å². The van der Waals surface area contributed by atoms with Gasteiger partial charge in [0.2, 0.25) is 0 Å². The molecule has 10 heteroatoms. The molecule has 2 aromatic carbocycles. The topological polar surface area (TPSA) is 67.2 Å². The van der Waals surface area contributed by atoms with Crippen molar-refractivity contribution in [2.24, 2.45) is 5.73 Å². The van der Waals surface area contributed by atoms with E-state index in [1.807, 2.05) is 0 Å². The molecule has 2 aliphatic rings. The van der Waals surface area contributed by atoms with E-state index in [0.717, 1.165) is 60.1 Å². The van der Waals surface area contributed by atoms with Crippen LogP contribution in [0.2, 0.25) is 0 Å². The smallest absolute Gasteiger partial charge is 0.401 e.